The number of benzene rings is 1. The van der Waals surface area contributed by atoms with Gasteiger partial charge in [0.2, 0.25) is 5.92 Å². The molecular weight excluding hydrogens is 270 g/mol. The predicted molar refractivity (Wildman–Crippen MR) is 71.7 cm³/mol. The van der Waals surface area contributed by atoms with E-state index in [9.17, 15) is 8.78 Å². The van der Waals surface area contributed by atoms with Crippen LogP contribution in [0.4, 0.5) is 8.78 Å². The summed E-state index contributed by atoms with van der Waals surface area (Å²) < 4.78 is 26.5. The van der Waals surface area contributed by atoms with E-state index in [1.807, 2.05) is 30.3 Å². The molecule has 1 heterocycles. The Hall–Kier alpha value is -1.26. The monoisotopic (exact) mass is 282 g/mol. The molecule has 3 rings (SSSR count). The average Bonchev–Trinajstić information content (AvgIpc) is 2.34. The Kier molecular flexibility index (Phi) is 2.76. The summed E-state index contributed by atoms with van der Waals surface area (Å²) in [6.07, 6.45) is -0.507. The normalized spacial score (nSPS) is 20.2. The predicted octanol–water partition coefficient (Wildman–Crippen LogP) is 3.51. The van der Waals surface area contributed by atoms with Crippen molar-refractivity contribution in [2.24, 2.45) is 5.73 Å². The molecule has 2 nitrogen and oxygen atoms in total. The number of rotatable bonds is 2. The number of pyridine rings is 1. The van der Waals surface area contributed by atoms with Gasteiger partial charge in [-0.15, -0.1) is 0 Å². The molecule has 0 unspecified atom stereocenters. The minimum Gasteiger partial charge on any atom is -0.330 e. The van der Waals surface area contributed by atoms with E-state index in [1.165, 1.54) is 0 Å². The van der Waals surface area contributed by atoms with Crippen LogP contribution < -0.4 is 5.73 Å². The van der Waals surface area contributed by atoms with Crippen LogP contribution in [0.15, 0.2) is 30.3 Å². The Labute approximate surface area is 114 Å². The van der Waals surface area contributed by atoms with E-state index in [0.717, 1.165) is 10.9 Å². The van der Waals surface area contributed by atoms with Gasteiger partial charge in [0.15, 0.2) is 0 Å². The molecule has 1 aliphatic carbocycles. The Morgan fingerprint density at radius 1 is 1.26 bits per heavy atom. The molecule has 1 aliphatic rings. The molecule has 0 radical (unpaired) electrons. The van der Waals surface area contributed by atoms with Crippen LogP contribution in [-0.4, -0.2) is 17.5 Å². The van der Waals surface area contributed by atoms with Gasteiger partial charge in [-0.1, -0.05) is 29.8 Å². The van der Waals surface area contributed by atoms with Gasteiger partial charge in [-0.05, 0) is 17.7 Å². The molecule has 1 saturated carbocycles. The highest BCUT2D eigenvalue weighted by atomic mass is 35.5. The smallest absolute Gasteiger partial charge is 0.250 e. The lowest BCUT2D eigenvalue weighted by Crippen LogP contribution is -2.53. The van der Waals surface area contributed by atoms with Crippen molar-refractivity contribution < 1.29 is 8.78 Å². The van der Waals surface area contributed by atoms with Gasteiger partial charge in [0, 0.05) is 30.2 Å². The number of fused-ring (bicyclic) bond motifs is 1. The van der Waals surface area contributed by atoms with E-state index >= 15 is 0 Å². The fourth-order valence-electron chi connectivity index (χ4n) is 2.85. The first kappa shape index (κ1) is 12.8. The van der Waals surface area contributed by atoms with Gasteiger partial charge < -0.3 is 5.73 Å². The van der Waals surface area contributed by atoms with E-state index < -0.39 is 11.3 Å². The third-order valence-electron chi connectivity index (χ3n) is 3.83. The number of nitrogens with zero attached hydrogens (tertiary/aromatic N) is 1. The van der Waals surface area contributed by atoms with Crippen LogP contribution in [-0.2, 0) is 5.41 Å². The molecule has 0 spiro atoms. The van der Waals surface area contributed by atoms with Crippen LogP contribution in [0.5, 0.6) is 0 Å². The van der Waals surface area contributed by atoms with Gasteiger partial charge in [-0.25, -0.2) is 13.8 Å². The highest BCUT2D eigenvalue weighted by Gasteiger charge is 2.57. The Morgan fingerprint density at radius 3 is 2.58 bits per heavy atom. The van der Waals surface area contributed by atoms with Crippen LogP contribution in [0.2, 0.25) is 5.15 Å². The van der Waals surface area contributed by atoms with Crippen molar-refractivity contribution in [1.29, 1.82) is 0 Å². The van der Waals surface area contributed by atoms with Crippen LogP contribution in [0.3, 0.4) is 0 Å². The second-order valence-corrected chi connectivity index (χ2v) is 5.57. The van der Waals surface area contributed by atoms with E-state index in [2.05, 4.69) is 4.98 Å². The first-order chi connectivity index (χ1) is 8.96. The zero-order valence-corrected chi connectivity index (χ0v) is 10.9. The summed E-state index contributed by atoms with van der Waals surface area (Å²) in [5.41, 5.74) is 6.38. The Morgan fingerprint density at radius 2 is 1.95 bits per heavy atom. The minimum absolute atomic E-state index is 0.155. The molecule has 2 N–H and O–H groups in total. The molecule has 1 aromatic carbocycles. The van der Waals surface area contributed by atoms with Gasteiger partial charge in [0.05, 0.1) is 5.52 Å². The maximum absolute atomic E-state index is 13.2. The summed E-state index contributed by atoms with van der Waals surface area (Å²) in [5.74, 6) is -2.64. The van der Waals surface area contributed by atoms with Gasteiger partial charge in [0.1, 0.15) is 5.15 Å². The van der Waals surface area contributed by atoms with Crippen LogP contribution in [0.25, 0.3) is 10.9 Å². The molecule has 0 saturated heterocycles. The van der Waals surface area contributed by atoms with Gasteiger partial charge >= 0.3 is 0 Å². The molecule has 100 valence electrons. The summed E-state index contributed by atoms with van der Waals surface area (Å²) in [5, 5.41) is 1.17. The number of hydrogen-bond acceptors (Lipinski definition) is 2. The molecular formula is C14H13ClF2N2. The van der Waals surface area contributed by atoms with E-state index in [4.69, 9.17) is 17.3 Å². The lowest BCUT2D eigenvalue weighted by Gasteiger charge is -2.47. The lowest BCUT2D eigenvalue weighted by molar-refractivity contribution is -0.123. The minimum atomic E-state index is -2.64. The van der Waals surface area contributed by atoms with Gasteiger partial charge in [-0.3, -0.25) is 0 Å². The molecule has 19 heavy (non-hydrogen) atoms. The first-order valence-electron chi connectivity index (χ1n) is 6.09. The zero-order valence-electron chi connectivity index (χ0n) is 10.2. The zero-order chi connectivity index (χ0) is 13.7. The largest absolute Gasteiger partial charge is 0.330 e. The molecule has 0 bridgehead atoms. The Balaban J connectivity index is 2.12. The second-order valence-electron chi connectivity index (χ2n) is 5.21. The van der Waals surface area contributed by atoms with Crippen molar-refractivity contribution >= 4 is 22.5 Å². The van der Waals surface area contributed by atoms with Crippen molar-refractivity contribution in [1.82, 2.24) is 4.98 Å². The quantitative estimate of drug-likeness (QED) is 0.856. The van der Waals surface area contributed by atoms with Crippen molar-refractivity contribution in [2.75, 3.05) is 6.54 Å². The number of nitrogens with two attached hydrogens (primary N) is 1. The molecule has 1 fully saturated rings. The number of halogens is 3. The van der Waals surface area contributed by atoms with Crippen LogP contribution >= 0.6 is 11.6 Å². The fourth-order valence-corrected chi connectivity index (χ4v) is 3.19. The fraction of sp³-hybridized carbons (Fsp3) is 0.357. The van der Waals surface area contributed by atoms with Crippen molar-refractivity contribution in [3.8, 4) is 0 Å². The topological polar surface area (TPSA) is 38.9 Å². The summed E-state index contributed by atoms with van der Waals surface area (Å²) in [6.45, 7) is 0.155. The number of aromatic nitrogens is 1. The maximum atomic E-state index is 13.2. The number of alkyl halides is 2. The molecule has 0 aliphatic heterocycles. The number of hydrogen-bond donors (Lipinski definition) is 1. The van der Waals surface area contributed by atoms with Gasteiger partial charge in [-0.2, -0.15) is 0 Å². The first-order valence-corrected chi connectivity index (χ1v) is 6.47. The van der Waals surface area contributed by atoms with E-state index in [-0.39, 0.29) is 24.5 Å². The van der Waals surface area contributed by atoms with Crippen molar-refractivity contribution in [3.63, 3.8) is 0 Å². The third-order valence-corrected chi connectivity index (χ3v) is 4.12. The highest BCUT2D eigenvalue weighted by Crippen LogP contribution is 2.54. The second kappa shape index (κ2) is 4.12. The highest BCUT2D eigenvalue weighted by molar-refractivity contribution is 6.30. The Bertz CT molecular complexity index is 634. The summed E-state index contributed by atoms with van der Waals surface area (Å²) in [4.78, 5) is 4.28. The molecule has 2 aromatic rings. The van der Waals surface area contributed by atoms with Crippen LogP contribution in [0, 0.1) is 0 Å². The molecule has 1 aromatic heterocycles. The molecule has 5 heteroatoms. The van der Waals surface area contributed by atoms with Crippen molar-refractivity contribution in [2.45, 2.75) is 24.2 Å². The molecule has 0 amide bonds. The standard InChI is InChI=1S/C14H13ClF2N2/c15-12-10(13(8-18)6-14(16,17)7-13)5-9-3-1-2-4-11(9)19-12/h1-5H,6-8,18H2. The van der Waals surface area contributed by atoms with Crippen LogP contribution in [0.1, 0.15) is 18.4 Å². The SMILES string of the molecule is NCC1(c2cc3ccccc3nc2Cl)CC(F)(F)C1. The van der Waals surface area contributed by atoms with Crippen molar-refractivity contribution in [3.05, 3.63) is 41.0 Å². The third kappa shape index (κ3) is 1.99. The summed E-state index contributed by atoms with van der Waals surface area (Å²) in [7, 11) is 0. The average molecular weight is 283 g/mol. The summed E-state index contributed by atoms with van der Waals surface area (Å²) in [6, 6.07) is 9.32. The van der Waals surface area contributed by atoms with E-state index in [0.29, 0.717) is 5.56 Å². The number of para-hydroxylation sites is 1. The van der Waals surface area contributed by atoms with E-state index in [1.54, 1.807) is 0 Å². The van der Waals surface area contributed by atoms with Gasteiger partial charge in [0.25, 0.3) is 0 Å². The maximum Gasteiger partial charge on any atom is 0.250 e. The summed E-state index contributed by atoms with van der Waals surface area (Å²) >= 11 is 6.16. The lowest BCUT2D eigenvalue weighted by atomic mass is 9.62. The molecule has 0 atom stereocenters.